The summed E-state index contributed by atoms with van der Waals surface area (Å²) in [5.74, 6) is 0.437. The molecule has 0 radical (unpaired) electrons. The smallest absolute Gasteiger partial charge is 0.163 e. The van der Waals surface area contributed by atoms with E-state index in [2.05, 4.69) is 12.1 Å². The van der Waals surface area contributed by atoms with Gasteiger partial charge in [0.05, 0.1) is 12.2 Å². The normalized spacial score (nSPS) is 10.2. The van der Waals surface area contributed by atoms with Gasteiger partial charge in [-0.1, -0.05) is 30.3 Å². The Morgan fingerprint density at radius 2 is 1.90 bits per heavy atom. The van der Waals surface area contributed by atoms with Crippen LogP contribution in [-0.2, 0) is 6.42 Å². The summed E-state index contributed by atoms with van der Waals surface area (Å²) in [6.45, 7) is 2.01. The topological polar surface area (TPSA) is 46.5 Å². The third-order valence-corrected chi connectivity index (χ3v) is 3.07. The van der Waals surface area contributed by atoms with Crippen molar-refractivity contribution in [2.24, 2.45) is 0 Å². The second kappa shape index (κ2) is 6.75. The maximum atomic E-state index is 11.3. The van der Waals surface area contributed by atoms with Gasteiger partial charge in [-0.2, -0.15) is 0 Å². The lowest BCUT2D eigenvalue weighted by Crippen LogP contribution is -2.01. The minimum absolute atomic E-state index is 0.00543. The first kappa shape index (κ1) is 14.1. The molecule has 0 heterocycles. The Kier molecular flexibility index (Phi) is 4.77. The first-order valence-electron chi connectivity index (χ1n) is 6.67. The molecule has 3 heteroatoms. The number of phenolic OH excluding ortho intramolecular Hbond substituents is 1. The van der Waals surface area contributed by atoms with Crippen molar-refractivity contribution in [3.8, 4) is 11.5 Å². The molecule has 2 aromatic rings. The fourth-order valence-corrected chi connectivity index (χ4v) is 2.00. The predicted molar refractivity (Wildman–Crippen MR) is 78.4 cm³/mol. The molecule has 0 saturated carbocycles. The zero-order chi connectivity index (χ0) is 14.4. The molecule has 2 aromatic carbocycles. The molecule has 0 aliphatic heterocycles. The second-order valence-corrected chi connectivity index (χ2v) is 4.67. The quantitative estimate of drug-likeness (QED) is 0.644. The van der Waals surface area contributed by atoms with Gasteiger partial charge in [-0.15, -0.1) is 0 Å². The molecule has 0 saturated heterocycles. The number of aromatic hydroxyl groups is 1. The fraction of sp³-hybridized carbons (Fsp3) is 0.235. The number of hydrogen-bond donors (Lipinski definition) is 1. The lowest BCUT2D eigenvalue weighted by molar-refractivity contribution is 0.101. The Morgan fingerprint density at radius 1 is 1.15 bits per heavy atom. The van der Waals surface area contributed by atoms with Gasteiger partial charge in [0.1, 0.15) is 11.5 Å². The summed E-state index contributed by atoms with van der Waals surface area (Å²) in [6.07, 6.45) is 1.86. The lowest BCUT2D eigenvalue weighted by Gasteiger charge is -2.08. The van der Waals surface area contributed by atoms with Crippen molar-refractivity contribution in [3.63, 3.8) is 0 Å². The SMILES string of the molecule is CC(=O)c1cc(OCCCc2ccccc2)ccc1O. The molecular weight excluding hydrogens is 252 g/mol. The number of aryl methyl sites for hydroxylation is 1. The molecule has 2 rings (SSSR count). The number of carbonyl (C=O) groups excluding carboxylic acids is 1. The molecule has 3 nitrogen and oxygen atoms in total. The number of phenols is 1. The van der Waals surface area contributed by atoms with Crippen LogP contribution in [0.5, 0.6) is 11.5 Å². The third-order valence-electron chi connectivity index (χ3n) is 3.07. The van der Waals surface area contributed by atoms with E-state index in [0.29, 0.717) is 17.9 Å². The van der Waals surface area contributed by atoms with Crippen molar-refractivity contribution in [2.75, 3.05) is 6.61 Å². The van der Waals surface area contributed by atoms with Crippen molar-refractivity contribution in [1.82, 2.24) is 0 Å². The number of ether oxygens (including phenoxy) is 1. The Morgan fingerprint density at radius 3 is 2.60 bits per heavy atom. The average Bonchev–Trinajstić information content (AvgIpc) is 2.46. The van der Waals surface area contributed by atoms with E-state index in [-0.39, 0.29) is 11.5 Å². The summed E-state index contributed by atoms with van der Waals surface area (Å²) in [5, 5.41) is 9.55. The maximum absolute atomic E-state index is 11.3. The predicted octanol–water partition coefficient (Wildman–Crippen LogP) is 3.61. The highest BCUT2D eigenvalue weighted by molar-refractivity contribution is 5.97. The second-order valence-electron chi connectivity index (χ2n) is 4.67. The van der Waals surface area contributed by atoms with Crippen LogP contribution in [0.1, 0.15) is 29.3 Å². The maximum Gasteiger partial charge on any atom is 0.163 e. The molecule has 0 fully saturated rings. The van der Waals surface area contributed by atoms with Crippen molar-refractivity contribution in [3.05, 3.63) is 59.7 Å². The lowest BCUT2D eigenvalue weighted by atomic mass is 10.1. The summed E-state index contributed by atoms with van der Waals surface area (Å²) >= 11 is 0. The molecule has 20 heavy (non-hydrogen) atoms. The summed E-state index contributed by atoms with van der Waals surface area (Å²) in [5.41, 5.74) is 1.58. The molecule has 0 bridgehead atoms. The van der Waals surface area contributed by atoms with Gasteiger partial charge in [0.15, 0.2) is 5.78 Å². The van der Waals surface area contributed by atoms with E-state index < -0.39 is 0 Å². The Balaban J connectivity index is 1.85. The first-order chi connectivity index (χ1) is 9.66. The van der Waals surface area contributed by atoms with Crippen LogP contribution < -0.4 is 4.74 Å². The highest BCUT2D eigenvalue weighted by Crippen LogP contribution is 2.23. The summed E-state index contributed by atoms with van der Waals surface area (Å²) in [6, 6.07) is 15.0. The van der Waals surface area contributed by atoms with Crippen LogP contribution in [0.2, 0.25) is 0 Å². The molecule has 104 valence electrons. The van der Waals surface area contributed by atoms with Gasteiger partial charge < -0.3 is 9.84 Å². The van der Waals surface area contributed by atoms with Crippen LogP contribution in [0, 0.1) is 0 Å². The summed E-state index contributed by atoms with van der Waals surface area (Å²) in [7, 11) is 0. The van der Waals surface area contributed by atoms with Crippen LogP contribution in [-0.4, -0.2) is 17.5 Å². The summed E-state index contributed by atoms with van der Waals surface area (Å²) < 4.78 is 5.61. The van der Waals surface area contributed by atoms with E-state index in [9.17, 15) is 9.90 Å². The molecule has 1 N–H and O–H groups in total. The fourth-order valence-electron chi connectivity index (χ4n) is 2.00. The first-order valence-corrected chi connectivity index (χ1v) is 6.67. The van der Waals surface area contributed by atoms with E-state index in [1.165, 1.54) is 18.6 Å². The van der Waals surface area contributed by atoms with E-state index in [0.717, 1.165) is 12.8 Å². The van der Waals surface area contributed by atoms with E-state index >= 15 is 0 Å². The van der Waals surface area contributed by atoms with Crippen molar-refractivity contribution < 1.29 is 14.6 Å². The van der Waals surface area contributed by atoms with Crippen LogP contribution in [0.4, 0.5) is 0 Å². The molecule has 0 atom stereocenters. The van der Waals surface area contributed by atoms with E-state index in [1.54, 1.807) is 12.1 Å². The molecule has 0 spiro atoms. The Hall–Kier alpha value is -2.29. The van der Waals surface area contributed by atoms with E-state index in [4.69, 9.17) is 4.74 Å². The third kappa shape index (κ3) is 3.85. The number of hydrogen-bond acceptors (Lipinski definition) is 3. The van der Waals surface area contributed by atoms with Gasteiger partial charge in [-0.25, -0.2) is 0 Å². The summed E-state index contributed by atoms with van der Waals surface area (Å²) in [4.78, 5) is 11.3. The Bertz CT molecular complexity index is 576. The number of benzene rings is 2. The highest BCUT2D eigenvalue weighted by atomic mass is 16.5. The highest BCUT2D eigenvalue weighted by Gasteiger charge is 2.07. The molecule has 0 aliphatic rings. The van der Waals surface area contributed by atoms with Gasteiger partial charge in [0.25, 0.3) is 0 Å². The molecular formula is C17H18O3. The van der Waals surface area contributed by atoms with Crippen LogP contribution in [0.15, 0.2) is 48.5 Å². The van der Waals surface area contributed by atoms with Gasteiger partial charge >= 0.3 is 0 Å². The van der Waals surface area contributed by atoms with Crippen molar-refractivity contribution in [1.29, 1.82) is 0 Å². The largest absolute Gasteiger partial charge is 0.507 e. The number of Topliss-reactive ketones (excluding diaryl/α,β-unsaturated/α-hetero) is 1. The standard InChI is InChI=1S/C17H18O3/c1-13(18)16-12-15(9-10-17(16)19)20-11-5-8-14-6-3-2-4-7-14/h2-4,6-7,9-10,12,19H,5,8,11H2,1H3. The van der Waals surface area contributed by atoms with Gasteiger partial charge in [0, 0.05) is 0 Å². The number of rotatable bonds is 6. The van der Waals surface area contributed by atoms with E-state index in [1.807, 2.05) is 18.2 Å². The zero-order valence-electron chi connectivity index (χ0n) is 11.5. The molecule has 0 unspecified atom stereocenters. The van der Waals surface area contributed by atoms with Gasteiger partial charge in [-0.3, -0.25) is 4.79 Å². The van der Waals surface area contributed by atoms with Crippen molar-refractivity contribution >= 4 is 5.78 Å². The number of carbonyl (C=O) groups is 1. The number of ketones is 1. The van der Waals surface area contributed by atoms with Gasteiger partial charge in [0.2, 0.25) is 0 Å². The minimum Gasteiger partial charge on any atom is -0.507 e. The van der Waals surface area contributed by atoms with Crippen LogP contribution in [0.3, 0.4) is 0 Å². The molecule has 0 amide bonds. The van der Waals surface area contributed by atoms with Crippen LogP contribution in [0.25, 0.3) is 0 Å². The van der Waals surface area contributed by atoms with Crippen LogP contribution >= 0.6 is 0 Å². The molecule has 0 aliphatic carbocycles. The Labute approximate surface area is 118 Å². The zero-order valence-corrected chi connectivity index (χ0v) is 11.5. The molecule has 0 aromatic heterocycles. The monoisotopic (exact) mass is 270 g/mol. The average molecular weight is 270 g/mol. The van der Waals surface area contributed by atoms with Crippen molar-refractivity contribution in [2.45, 2.75) is 19.8 Å². The van der Waals surface area contributed by atoms with Gasteiger partial charge in [-0.05, 0) is 43.5 Å². The minimum atomic E-state index is -0.169.